The average molecular weight is 309 g/mol. The molecule has 2 heterocycles. The van der Waals surface area contributed by atoms with E-state index in [0.717, 1.165) is 24.4 Å². The molecule has 2 aliphatic rings. The van der Waals surface area contributed by atoms with Gasteiger partial charge in [-0.2, -0.15) is 0 Å². The van der Waals surface area contributed by atoms with Crippen LogP contribution in [0.3, 0.4) is 0 Å². The third-order valence-corrected chi connectivity index (χ3v) is 5.34. The zero-order valence-corrected chi connectivity index (χ0v) is 13.2. The van der Waals surface area contributed by atoms with Crippen molar-refractivity contribution in [3.63, 3.8) is 0 Å². The molecule has 1 aromatic rings. The van der Waals surface area contributed by atoms with Crippen molar-refractivity contribution in [2.24, 2.45) is 11.8 Å². The lowest BCUT2D eigenvalue weighted by Crippen LogP contribution is -2.47. The molecule has 1 saturated heterocycles. The van der Waals surface area contributed by atoms with Crippen molar-refractivity contribution in [2.75, 3.05) is 19.7 Å². The Kier molecular flexibility index (Phi) is 4.45. The number of amides is 2. The number of hydrogen-bond acceptors (Lipinski definition) is 4. The number of carbonyl (C=O) groups is 1. The van der Waals surface area contributed by atoms with Gasteiger partial charge in [-0.15, -0.1) is 11.3 Å². The first-order valence-corrected chi connectivity index (χ1v) is 8.57. The van der Waals surface area contributed by atoms with Gasteiger partial charge in [-0.1, -0.05) is 0 Å². The SMILES string of the molecule is Cc1cnc([C@H](NC(=O)N2CCC[C@H](CO)C2)C2CC2)s1. The molecule has 3 rings (SSSR count). The summed E-state index contributed by atoms with van der Waals surface area (Å²) in [6.45, 7) is 3.66. The summed E-state index contributed by atoms with van der Waals surface area (Å²) in [5, 5.41) is 13.5. The zero-order valence-electron chi connectivity index (χ0n) is 12.4. The van der Waals surface area contributed by atoms with Gasteiger partial charge in [0.05, 0.1) is 6.04 Å². The van der Waals surface area contributed by atoms with Gasteiger partial charge < -0.3 is 15.3 Å². The second-order valence-electron chi connectivity index (χ2n) is 6.21. The van der Waals surface area contributed by atoms with Gasteiger partial charge in [-0.3, -0.25) is 0 Å². The van der Waals surface area contributed by atoms with E-state index in [2.05, 4.69) is 10.3 Å². The molecule has 1 aliphatic heterocycles. The molecule has 2 N–H and O–H groups in total. The summed E-state index contributed by atoms with van der Waals surface area (Å²) in [6, 6.07) is 0.0589. The highest BCUT2D eigenvalue weighted by Gasteiger charge is 2.36. The van der Waals surface area contributed by atoms with Crippen molar-refractivity contribution in [2.45, 2.75) is 38.6 Å². The number of nitrogens with zero attached hydrogens (tertiary/aromatic N) is 2. The largest absolute Gasteiger partial charge is 0.396 e. The average Bonchev–Trinajstić information content (AvgIpc) is 3.26. The Balaban J connectivity index is 1.64. The van der Waals surface area contributed by atoms with Gasteiger partial charge in [0, 0.05) is 30.8 Å². The Bertz CT molecular complexity index is 501. The van der Waals surface area contributed by atoms with Crippen molar-refractivity contribution >= 4 is 17.4 Å². The van der Waals surface area contributed by atoms with E-state index in [1.54, 1.807) is 11.3 Å². The van der Waals surface area contributed by atoms with Crippen molar-refractivity contribution < 1.29 is 9.90 Å². The van der Waals surface area contributed by atoms with Crippen LogP contribution in [-0.4, -0.2) is 40.7 Å². The highest BCUT2D eigenvalue weighted by atomic mass is 32.1. The molecule has 2 amide bonds. The maximum atomic E-state index is 12.5. The van der Waals surface area contributed by atoms with Crippen molar-refractivity contribution in [3.8, 4) is 0 Å². The van der Waals surface area contributed by atoms with E-state index >= 15 is 0 Å². The van der Waals surface area contributed by atoms with Crippen LogP contribution in [0.2, 0.25) is 0 Å². The van der Waals surface area contributed by atoms with Crippen LogP contribution in [0.1, 0.15) is 41.6 Å². The van der Waals surface area contributed by atoms with Gasteiger partial charge in [-0.05, 0) is 44.4 Å². The number of piperidine rings is 1. The molecular weight excluding hydrogens is 286 g/mol. The number of aliphatic hydroxyl groups excluding tert-OH is 1. The monoisotopic (exact) mass is 309 g/mol. The highest BCUT2D eigenvalue weighted by molar-refractivity contribution is 7.11. The maximum absolute atomic E-state index is 12.5. The summed E-state index contributed by atoms with van der Waals surface area (Å²) in [6.07, 6.45) is 6.21. The van der Waals surface area contributed by atoms with Crippen molar-refractivity contribution in [1.29, 1.82) is 0 Å². The summed E-state index contributed by atoms with van der Waals surface area (Å²) >= 11 is 1.67. The summed E-state index contributed by atoms with van der Waals surface area (Å²) in [7, 11) is 0. The minimum atomic E-state index is -0.00194. The molecule has 0 spiro atoms. The molecule has 0 radical (unpaired) electrons. The molecule has 21 heavy (non-hydrogen) atoms. The van der Waals surface area contributed by atoms with Crippen LogP contribution in [0.4, 0.5) is 4.79 Å². The molecular formula is C15H23N3O2S. The van der Waals surface area contributed by atoms with Crippen molar-refractivity contribution in [3.05, 3.63) is 16.1 Å². The van der Waals surface area contributed by atoms with Crippen LogP contribution < -0.4 is 5.32 Å². The number of aliphatic hydroxyl groups is 1. The number of thiazole rings is 1. The standard InChI is InChI=1S/C15H23N3O2S/c1-10-7-16-14(21-10)13(12-4-5-12)17-15(20)18-6-2-3-11(8-18)9-19/h7,11-13,19H,2-6,8-9H2,1H3,(H,17,20)/t11-,13+/m0/s1. The molecule has 0 bridgehead atoms. The van der Waals surface area contributed by atoms with Crippen LogP contribution >= 0.6 is 11.3 Å². The topological polar surface area (TPSA) is 65.5 Å². The molecule has 1 aromatic heterocycles. The van der Waals surface area contributed by atoms with Gasteiger partial charge in [0.25, 0.3) is 0 Å². The fourth-order valence-corrected chi connectivity index (χ4v) is 3.87. The van der Waals surface area contributed by atoms with Crippen LogP contribution in [0.15, 0.2) is 6.20 Å². The second-order valence-corrected chi connectivity index (χ2v) is 7.48. The first kappa shape index (κ1) is 14.8. The summed E-state index contributed by atoms with van der Waals surface area (Å²) in [5.74, 6) is 0.768. The summed E-state index contributed by atoms with van der Waals surface area (Å²) in [4.78, 5) is 20.0. The van der Waals surface area contributed by atoms with Gasteiger partial charge in [-0.25, -0.2) is 9.78 Å². The maximum Gasteiger partial charge on any atom is 0.317 e. The molecule has 1 aliphatic carbocycles. The first-order valence-electron chi connectivity index (χ1n) is 7.76. The van der Waals surface area contributed by atoms with E-state index in [1.807, 2.05) is 18.0 Å². The molecule has 0 unspecified atom stereocenters. The van der Waals surface area contributed by atoms with Gasteiger partial charge in [0.2, 0.25) is 0 Å². The highest BCUT2D eigenvalue weighted by Crippen LogP contribution is 2.42. The fraction of sp³-hybridized carbons (Fsp3) is 0.733. The second kappa shape index (κ2) is 6.32. The lowest BCUT2D eigenvalue weighted by atomic mass is 9.99. The van der Waals surface area contributed by atoms with Gasteiger partial charge >= 0.3 is 6.03 Å². The minimum absolute atomic E-state index is 0.00194. The number of nitrogens with one attached hydrogen (secondary N) is 1. The Morgan fingerprint density at radius 3 is 3.00 bits per heavy atom. The van der Waals surface area contributed by atoms with E-state index in [-0.39, 0.29) is 24.6 Å². The summed E-state index contributed by atoms with van der Waals surface area (Å²) in [5.41, 5.74) is 0. The molecule has 1 saturated carbocycles. The van der Waals surface area contributed by atoms with E-state index < -0.39 is 0 Å². The Morgan fingerprint density at radius 1 is 1.57 bits per heavy atom. The number of urea groups is 1. The van der Waals surface area contributed by atoms with Crippen LogP contribution in [0.25, 0.3) is 0 Å². The zero-order chi connectivity index (χ0) is 14.8. The van der Waals surface area contributed by atoms with Gasteiger partial charge in [0.15, 0.2) is 0 Å². The third kappa shape index (κ3) is 3.55. The minimum Gasteiger partial charge on any atom is -0.396 e. The Morgan fingerprint density at radius 2 is 2.38 bits per heavy atom. The molecule has 6 heteroatoms. The number of likely N-dealkylation sites (tertiary alicyclic amines) is 1. The number of carbonyl (C=O) groups excluding carboxylic acids is 1. The number of rotatable bonds is 4. The molecule has 116 valence electrons. The Labute approximate surface area is 129 Å². The lowest BCUT2D eigenvalue weighted by molar-refractivity contribution is 0.127. The van der Waals surface area contributed by atoms with Crippen LogP contribution in [0, 0.1) is 18.8 Å². The van der Waals surface area contributed by atoms with E-state index in [4.69, 9.17) is 0 Å². The third-order valence-electron chi connectivity index (χ3n) is 4.34. The number of aryl methyl sites for hydroxylation is 1. The van der Waals surface area contributed by atoms with Crippen LogP contribution in [0.5, 0.6) is 0 Å². The molecule has 2 fully saturated rings. The Hall–Kier alpha value is -1.14. The van der Waals surface area contributed by atoms with E-state index in [1.165, 1.54) is 17.7 Å². The number of aromatic nitrogens is 1. The molecule has 5 nitrogen and oxygen atoms in total. The fourth-order valence-electron chi connectivity index (χ4n) is 2.95. The quantitative estimate of drug-likeness (QED) is 0.897. The predicted octanol–water partition coefficient (Wildman–Crippen LogP) is 2.32. The normalized spacial score (nSPS) is 23.9. The smallest absolute Gasteiger partial charge is 0.317 e. The van der Waals surface area contributed by atoms with Gasteiger partial charge in [0.1, 0.15) is 5.01 Å². The first-order chi connectivity index (χ1) is 10.2. The predicted molar refractivity (Wildman–Crippen MR) is 82.2 cm³/mol. The molecule has 0 aromatic carbocycles. The van der Waals surface area contributed by atoms with E-state index in [9.17, 15) is 9.90 Å². The van der Waals surface area contributed by atoms with Crippen molar-refractivity contribution in [1.82, 2.24) is 15.2 Å². The molecule has 2 atom stereocenters. The van der Waals surface area contributed by atoms with Crippen LogP contribution in [-0.2, 0) is 0 Å². The lowest BCUT2D eigenvalue weighted by Gasteiger charge is -2.33. The number of hydrogen-bond donors (Lipinski definition) is 2. The summed E-state index contributed by atoms with van der Waals surface area (Å²) < 4.78 is 0. The van der Waals surface area contributed by atoms with E-state index in [0.29, 0.717) is 12.5 Å².